The van der Waals surface area contributed by atoms with Gasteiger partial charge in [-0.05, 0) is 32.9 Å². The van der Waals surface area contributed by atoms with E-state index in [9.17, 15) is 4.79 Å². The molecule has 0 N–H and O–H groups in total. The van der Waals surface area contributed by atoms with Crippen molar-refractivity contribution in [2.24, 2.45) is 0 Å². The van der Waals surface area contributed by atoms with Crippen molar-refractivity contribution in [3.63, 3.8) is 0 Å². The molecule has 1 aromatic carbocycles. The Balaban J connectivity index is 2.09. The minimum absolute atomic E-state index is 0.0842. The van der Waals surface area contributed by atoms with Gasteiger partial charge in [-0.3, -0.25) is 4.79 Å². The van der Waals surface area contributed by atoms with Crippen LogP contribution in [0.4, 0.5) is 11.4 Å². The summed E-state index contributed by atoms with van der Waals surface area (Å²) < 4.78 is 5.79. The van der Waals surface area contributed by atoms with E-state index in [1.54, 1.807) is 6.92 Å². The van der Waals surface area contributed by atoms with Crippen LogP contribution in [0.1, 0.15) is 26.3 Å². The molecule has 0 saturated heterocycles. The van der Waals surface area contributed by atoms with Crippen molar-refractivity contribution in [2.45, 2.75) is 20.8 Å². The van der Waals surface area contributed by atoms with Crippen LogP contribution < -0.4 is 14.5 Å². The van der Waals surface area contributed by atoms with Gasteiger partial charge in [0.25, 0.3) is 0 Å². The molecule has 0 unspecified atom stereocenters. The SMILES string of the molecule is CCN1CCN(CC)c2cc3c(cc21)C=C(C(C)=O)CO3. The molecule has 0 spiro atoms. The summed E-state index contributed by atoms with van der Waals surface area (Å²) in [5.74, 6) is 0.969. The summed E-state index contributed by atoms with van der Waals surface area (Å²) in [5, 5.41) is 0. The van der Waals surface area contributed by atoms with E-state index < -0.39 is 0 Å². The van der Waals surface area contributed by atoms with Crippen molar-refractivity contribution in [3.8, 4) is 5.75 Å². The lowest BCUT2D eigenvalue weighted by Crippen LogP contribution is -2.41. The predicted molar refractivity (Wildman–Crippen MR) is 86.4 cm³/mol. The summed E-state index contributed by atoms with van der Waals surface area (Å²) >= 11 is 0. The Labute approximate surface area is 126 Å². The van der Waals surface area contributed by atoms with E-state index in [1.165, 1.54) is 11.4 Å². The van der Waals surface area contributed by atoms with Crippen molar-refractivity contribution >= 4 is 23.2 Å². The molecular weight excluding hydrogens is 264 g/mol. The van der Waals surface area contributed by atoms with E-state index in [4.69, 9.17) is 4.74 Å². The van der Waals surface area contributed by atoms with Crippen molar-refractivity contribution < 1.29 is 9.53 Å². The number of fused-ring (bicyclic) bond motifs is 2. The van der Waals surface area contributed by atoms with Gasteiger partial charge in [0.05, 0.1) is 11.4 Å². The maximum absolute atomic E-state index is 11.5. The lowest BCUT2D eigenvalue weighted by atomic mass is 10.0. The molecule has 2 heterocycles. The normalized spacial score (nSPS) is 16.8. The quantitative estimate of drug-likeness (QED) is 0.855. The van der Waals surface area contributed by atoms with Crippen molar-refractivity contribution in [1.29, 1.82) is 0 Å². The van der Waals surface area contributed by atoms with Crippen LogP contribution in [0.2, 0.25) is 0 Å². The van der Waals surface area contributed by atoms with Gasteiger partial charge in [-0.1, -0.05) is 0 Å². The third-order valence-electron chi connectivity index (χ3n) is 4.36. The third-order valence-corrected chi connectivity index (χ3v) is 4.36. The first-order valence-corrected chi connectivity index (χ1v) is 7.66. The average molecular weight is 286 g/mol. The lowest BCUT2D eigenvalue weighted by Gasteiger charge is -2.39. The number of ether oxygens (including phenoxy) is 1. The molecular formula is C17H22N2O2. The summed E-state index contributed by atoms with van der Waals surface area (Å²) in [4.78, 5) is 16.3. The summed E-state index contributed by atoms with van der Waals surface area (Å²) in [7, 11) is 0. The first-order valence-electron chi connectivity index (χ1n) is 7.66. The summed E-state index contributed by atoms with van der Waals surface area (Å²) in [5.41, 5.74) is 4.24. The molecule has 1 aromatic rings. The largest absolute Gasteiger partial charge is 0.488 e. The van der Waals surface area contributed by atoms with Gasteiger partial charge in [-0.15, -0.1) is 0 Å². The highest BCUT2D eigenvalue weighted by molar-refractivity contribution is 5.99. The molecule has 0 atom stereocenters. The van der Waals surface area contributed by atoms with E-state index in [2.05, 4.69) is 35.8 Å². The molecule has 4 heteroatoms. The molecule has 3 rings (SSSR count). The highest BCUT2D eigenvalue weighted by Crippen LogP contribution is 2.40. The van der Waals surface area contributed by atoms with E-state index in [0.29, 0.717) is 6.61 Å². The molecule has 0 aromatic heterocycles. The Morgan fingerprint density at radius 2 is 1.76 bits per heavy atom. The third kappa shape index (κ3) is 2.39. The van der Waals surface area contributed by atoms with Crippen molar-refractivity contribution in [2.75, 3.05) is 42.6 Å². The molecule has 2 aliphatic heterocycles. The molecule has 2 aliphatic rings. The van der Waals surface area contributed by atoms with Crippen molar-refractivity contribution in [3.05, 3.63) is 23.3 Å². The maximum atomic E-state index is 11.5. The number of benzene rings is 1. The second-order valence-corrected chi connectivity index (χ2v) is 5.55. The number of rotatable bonds is 3. The zero-order chi connectivity index (χ0) is 15.0. The van der Waals surface area contributed by atoms with Crippen LogP contribution in [0, 0.1) is 0 Å². The lowest BCUT2D eigenvalue weighted by molar-refractivity contribution is -0.113. The number of Topliss-reactive ketones (excluding diaryl/α,β-unsaturated/α-hetero) is 1. The molecule has 0 fully saturated rings. The number of nitrogens with zero attached hydrogens (tertiary/aromatic N) is 2. The van der Waals surface area contributed by atoms with E-state index in [1.807, 2.05) is 6.08 Å². The number of hydrogen-bond donors (Lipinski definition) is 0. The number of carbonyl (C=O) groups excluding carboxylic acids is 1. The van der Waals surface area contributed by atoms with Gasteiger partial charge in [-0.2, -0.15) is 0 Å². The van der Waals surface area contributed by atoms with Gasteiger partial charge in [0, 0.05) is 43.4 Å². The highest BCUT2D eigenvalue weighted by Gasteiger charge is 2.24. The smallest absolute Gasteiger partial charge is 0.159 e. The van der Waals surface area contributed by atoms with Crippen LogP contribution in [-0.2, 0) is 4.79 Å². The summed E-state index contributed by atoms with van der Waals surface area (Å²) in [6.45, 7) is 10.4. The van der Waals surface area contributed by atoms with Crippen LogP contribution in [0.25, 0.3) is 6.08 Å². The van der Waals surface area contributed by atoms with Crippen LogP contribution >= 0.6 is 0 Å². The Morgan fingerprint density at radius 1 is 1.14 bits per heavy atom. The minimum atomic E-state index is 0.0842. The van der Waals surface area contributed by atoms with Crippen LogP contribution in [0.15, 0.2) is 17.7 Å². The van der Waals surface area contributed by atoms with Gasteiger partial charge in [-0.25, -0.2) is 0 Å². The van der Waals surface area contributed by atoms with Gasteiger partial charge in [0.1, 0.15) is 12.4 Å². The van der Waals surface area contributed by atoms with Gasteiger partial charge in [0.2, 0.25) is 0 Å². The van der Waals surface area contributed by atoms with Gasteiger partial charge < -0.3 is 14.5 Å². The molecule has 4 nitrogen and oxygen atoms in total. The fourth-order valence-electron chi connectivity index (χ4n) is 3.05. The first kappa shape index (κ1) is 14.0. The number of anilines is 2. The zero-order valence-corrected chi connectivity index (χ0v) is 13.0. The summed E-state index contributed by atoms with van der Waals surface area (Å²) in [6.07, 6.45) is 1.97. The van der Waals surface area contributed by atoms with Crippen LogP contribution in [0.5, 0.6) is 5.75 Å². The number of hydrogen-bond acceptors (Lipinski definition) is 4. The second kappa shape index (κ2) is 5.43. The minimum Gasteiger partial charge on any atom is -0.488 e. The standard InChI is InChI=1S/C17H22N2O2/c1-4-18-6-7-19(5-2)16-10-17-13(9-15(16)18)8-14(11-21-17)12(3)20/h8-10H,4-7,11H2,1-3H3. The highest BCUT2D eigenvalue weighted by atomic mass is 16.5. The van der Waals surface area contributed by atoms with E-state index in [-0.39, 0.29) is 5.78 Å². The van der Waals surface area contributed by atoms with Gasteiger partial charge >= 0.3 is 0 Å². The molecule has 112 valence electrons. The Bertz CT molecular complexity index is 607. The molecule has 0 aliphatic carbocycles. The molecule has 0 bridgehead atoms. The monoisotopic (exact) mass is 286 g/mol. The predicted octanol–water partition coefficient (Wildman–Crippen LogP) is 2.72. The van der Waals surface area contributed by atoms with Gasteiger partial charge in [0.15, 0.2) is 5.78 Å². The number of ketones is 1. The Hall–Kier alpha value is -1.97. The molecule has 21 heavy (non-hydrogen) atoms. The van der Waals surface area contributed by atoms with Crippen LogP contribution in [0.3, 0.4) is 0 Å². The fraction of sp³-hybridized carbons (Fsp3) is 0.471. The fourth-order valence-corrected chi connectivity index (χ4v) is 3.05. The maximum Gasteiger partial charge on any atom is 0.159 e. The van der Waals surface area contributed by atoms with E-state index in [0.717, 1.165) is 43.1 Å². The molecule has 0 radical (unpaired) electrons. The first-order chi connectivity index (χ1) is 10.1. The topological polar surface area (TPSA) is 32.8 Å². The Kier molecular flexibility index (Phi) is 3.62. The van der Waals surface area contributed by atoms with Crippen molar-refractivity contribution in [1.82, 2.24) is 0 Å². The van der Waals surface area contributed by atoms with E-state index >= 15 is 0 Å². The number of carbonyl (C=O) groups is 1. The Morgan fingerprint density at radius 3 is 2.33 bits per heavy atom. The number of likely N-dealkylation sites (N-methyl/N-ethyl adjacent to an activating group) is 2. The second-order valence-electron chi connectivity index (χ2n) is 5.55. The molecule has 0 saturated carbocycles. The zero-order valence-electron chi connectivity index (χ0n) is 13.0. The molecule has 0 amide bonds. The van der Waals surface area contributed by atoms with Crippen LogP contribution in [-0.4, -0.2) is 38.6 Å². The summed E-state index contributed by atoms with van der Waals surface area (Å²) in [6, 6.07) is 4.29. The average Bonchev–Trinajstić information content (AvgIpc) is 2.51.